The standard InChI is InChI=1S/C62H47N4O.Pt/c1-61(2,3)44-33-34-63-59(38-44)66-57-37-45(62(4)55-27-13-11-23-51(55)52-24-12-14-28-56(52)62)29-31-53(57)54-32-30-48(40-58(54)66)67-47-22-15-21-46(39-47)64-35-36-65(41-64)60-49(42-17-7-5-8-18-42)25-16-26-50(60)43-19-9-6-10-20-43;/h5-38,41H,1-4H3;/q-3;. The molecule has 10 aromatic rings. The van der Waals surface area contributed by atoms with Gasteiger partial charge in [0.15, 0.2) is 0 Å². The van der Waals surface area contributed by atoms with Crippen LogP contribution in [0.3, 0.4) is 0 Å². The van der Waals surface area contributed by atoms with Crippen LogP contribution in [0.25, 0.3) is 61.0 Å². The smallest absolute Gasteiger partial charge is 0.135 e. The van der Waals surface area contributed by atoms with Crippen molar-refractivity contribution in [1.82, 2.24) is 9.55 Å². The summed E-state index contributed by atoms with van der Waals surface area (Å²) >= 11 is 0. The molecular formula is C62H47N4OPt-3. The Labute approximate surface area is 412 Å². The molecule has 0 atom stereocenters. The fourth-order valence-corrected chi connectivity index (χ4v) is 10.2. The number of rotatable bonds is 8. The van der Waals surface area contributed by atoms with Crippen molar-refractivity contribution in [2.75, 3.05) is 9.80 Å². The number of nitrogens with zero attached hydrogens (tertiary/aromatic N) is 4. The summed E-state index contributed by atoms with van der Waals surface area (Å²) in [7, 11) is 0. The van der Waals surface area contributed by atoms with Gasteiger partial charge in [-0.3, -0.25) is 0 Å². The molecule has 0 radical (unpaired) electrons. The molecule has 5 nitrogen and oxygen atoms in total. The van der Waals surface area contributed by atoms with Gasteiger partial charge in [0.2, 0.25) is 0 Å². The van der Waals surface area contributed by atoms with E-state index in [1.54, 1.807) is 0 Å². The average Bonchev–Trinajstić information content (AvgIpc) is 4.06. The first-order chi connectivity index (χ1) is 32.7. The summed E-state index contributed by atoms with van der Waals surface area (Å²) in [5, 5.41) is 2.21. The number of hydrogen-bond donors (Lipinski definition) is 0. The molecule has 0 bridgehead atoms. The predicted octanol–water partition coefficient (Wildman–Crippen LogP) is 15.5. The molecule has 0 saturated heterocycles. The monoisotopic (exact) mass is 1060 g/mol. The van der Waals surface area contributed by atoms with Gasteiger partial charge in [-0.25, -0.2) is 4.98 Å². The van der Waals surface area contributed by atoms with Crippen molar-refractivity contribution >= 4 is 33.2 Å². The van der Waals surface area contributed by atoms with Gasteiger partial charge in [0.1, 0.15) is 5.82 Å². The second kappa shape index (κ2) is 17.0. The van der Waals surface area contributed by atoms with Crippen molar-refractivity contribution in [3.63, 3.8) is 0 Å². The first kappa shape index (κ1) is 43.1. The molecule has 6 heteroatoms. The Morgan fingerprint density at radius 3 is 1.82 bits per heavy atom. The van der Waals surface area contributed by atoms with Gasteiger partial charge in [0.05, 0.1) is 0 Å². The zero-order valence-electron chi connectivity index (χ0n) is 38.2. The maximum Gasteiger partial charge on any atom is 0.135 e. The molecule has 0 amide bonds. The summed E-state index contributed by atoms with van der Waals surface area (Å²) in [5.74, 6) is 2.02. The SMILES string of the molecule is CC(C)(C)c1ccnc(-n2c3[c-]c(Oc4[c-]c(N5C=CN(c6c(-c7ccccc7)cccc6-c6ccccc6)[CH-]5)ccc4)ccc3c3ccc(C4(C)c5ccccc5-c5ccccc54)cc32)c1.[Pt]. The zero-order valence-corrected chi connectivity index (χ0v) is 40.5. The Morgan fingerprint density at radius 2 is 1.15 bits per heavy atom. The van der Waals surface area contributed by atoms with E-state index in [4.69, 9.17) is 9.72 Å². The largest absolute Gasteiger partial charge is 0.509 e. The normalized spacial score (nSPS) is 13.7. The number of hydrogen-bond acceptors (Lipinski definition) is 4. The minimum atomic E-state index is -0.351. The van der Waals surface area contributed by atoms with Crippen molar-refractivity contribution in [1.29, 1.82) is 0 Å². The van der Waals surface area contributed by atoms with E-state index in [0.717, 1.165) is 61.3 Å². The van der Waals surface area contributed by atoms with Crippen LogP contribution >= 0.6 is 0 Å². The van der Waals surface area contributed by atoms with E-state index in [-0.39, 0.29) is 31.9 Å². The van der Waals surface area contributed by atoms with Crippen LogP contribution in [0.5, 0.6) is 11.5 Å². The molecule has 8 aromatic carbocycles. The third-order valence-corrected chi connectivity index (χ3v) is 13.6. The summed E-state index contributed by atoms with van der Waals surface area (Å²) in [6, 6.07) is 74.1. The quantitative estimate of drug-likeness (QED) is 0.142. The van der Waals surface area contributed by atoms with Crippen molar-refractivity contribution in [3.8, 4) is 50.7 Å². The molecule has 3 heterocycles. The van der Waals surface area contributed by atoms with Crippen LogP contribution in [0.1, 0.15) is 49.9 Å². The average molecular weight is 1060 g/mol. The van der Waals surface area contributed by atoms with E-state index in [2.05, 4.69) is 243 Å². The summed E-state index contributed by atoms with van der Waals surface area (Å²) < 4.78 is 8.96. The van der Waals surface area contributed by atoms with E-state index >= 15 is 0 Å². The van der Waals surface area contributed by atoms with Crippen molar-refractivity contribution in [3.05, 3.63) is 248 Å². The molecule has 12 rings (SSSR count). The molecule has 0 saturated carbocycles. The van der Waals surface area contributed by atoms with Crippen LogP contribution < -0.4 is 14.5 Å². The molecule has 1 aliphatic carbocycles. The fraction of sp³-hybridized carbons (Fsp3) is 0.0968. The van der Waals surface area contributed by atoms with Gasteiger partial charge in [-0.2, -0.15) is 12.1 Å². The van der Waals surface area contributed by atoms with E-state index in [9.17, 15) is 0 Å². The first-order valence-electron chi connectivity index (χ1n) is 22.9. The number of benzene rings is 8. The fourth-order valence-electron chi connectivity index (χ4n) is 10.2. The van der Waals surface area contributed by atoms with Gasteiger partial charge in [-0.05, 0) is 92.8 Å². The number of ether oxygens (including phenoxy) is 1. The number of fused-ring (bicyclic) bond motifs is 6. The maximum atomic E-state index is 6.69. The summed E-state index contributed by atoms with van der Waals surface area (Å²) in [6.07, 6.45) is 6.10. The Hall–Kier alpha value is -7.46. The number of anilines is 2. The minimum Gasteiger partial charge on any atom is -0.509 e. The molecule has 1 aliphatic heterocycles. The number of aromatic nitrogens is 2. The molecule has 2 aliphatic rings. The number of para-hydroxylation sites is 1. The molecular weight excluding hydrogens is 1010 g/mol. The number of pyridine rings is 1. The second-order valence-electron chi connectivity index (χ2n) is 18.7. The van der Waals surface area contributed by atoms with E-state index < -0.39 is 0 Å². The Bertz CT molecular complexity index is 3450. The van der Waals surface area contributed by atoms with Crippen LogP contribution in [0.15, 0.2) is 207 Å². The molecule has 68 heavy (non-hydrogen) atoms. The third kappa shape index (κ3) is 7.25. The molecule has 0 N–H and O–H groups in total. The summed E-state index contributed by atoms with van der Waals surface area (Å²) in [6.45, 7) is 11.2. The summed E-state index contributed by atoms with van der Waals surface area (Å²) in [5.41, 5.74) is 15.7. The summed E-state index contributed by atoms with van der Waals surface area (Å²) in [4.78, 5) is 9.32. The topological polar surface area (TPSA) is 33.5 Å². The van der Waals surface area contributed by atoms with Gasteiger partial charge in [0, 0.05) is 66.5 Å². The second-order valence-corrected chi connectivity index (χ2v) is 18.7. The Morgan fingerprint density at radius 1 is 0.559 bits per heavy atom. The van der Waals surface area contributed by atoms with Crippen LogP contribution in [0, 0.1) is 18.8 Å². The molecule has 0 unspecified atom stereocenters. The van der Waals surface area contributed by atoms with Crippen LogP contribution in [-0.2, 0) is 31.9 Å². The van der Waals surface area contributed by atoms with Crippen LogP contribution in [0.4, 0.5) is 11.4 Å². The van der Waals surface area contributed by atoms with E-state index in [1.165, 1.54) is 33.4 Å². The predicted molar refractivity (Wildman–Crippen MR) is 275 cm³/mol. The third-order valence-electron chi connectivity index (χ3n) is 13.6. The van der Waals surface area contributed by atoms with E-state index in [0.29, 0.717) is 11.5 Å². The van der Waals surface area contributed by atoms with Gasteiger partial charge in [-0.1, -0.05) is 166 Å². The van der Waals surface area contributed by atoms with Gasteiger partial charge in [0.25, 0.3) is 0 Å². The minimum absolute atomic E-state index is 0. The molecule has 0 spiro atoms. The van der Waals surface area contributed by atoms with Crippen LogP contribution in [0.2, 0.25) is 0 Å². The Kier molecular flexibility index (Phi) is 10.8. The molecule has 0 fully saturated rings. The van der Waals surface area contributed by atoms with Crippen LogP contribution in [-0.4, -0.2) is 9.55 Å². The van der Waals surface area contributed by atoms with Crippen molar-refractivity contribution in [2.45, 2.75) is 38.5 Å². The van der Waals surface area contributed by atoms with Crippen molar-refractivity contribution < 1.29 is 25.8 Å². The van der Waals surface area contributed by atoms with E-state index in [1.807, 2.05) is 24.4 Å². The van der Waals surface area contributed by atoms with Gasteiger partial charge in [-0.15, -0.1) is 48.1 Å². The van der Waals surface area contributed by atoms with Gasteiger partial charge < -0.3 is 19.1 Å². The first-order valence-corrected chi connectivity index (χ1v) is 22.9. The maximum absolute atomic E-state index is 6.69. The Balaban J connectivity index is 0.00000507. The molecule has 2 aromatic heterocycles. The van der Waals surface area contributed by atoms with Crippen molar-refractivity contribution in [2.24, 2.45) is 0 Å². The zero-order chi connectivity index (χ0) is 45.3. The molecule has 334 valence electrons. The van der Waals surface area contributed by atoms with Gasteiger partial charge >= 0.3 is 0 Å².